The van der Waals surface area contributed by atoms with Crippen molar-refractivity contribution >= 4 is 29.7 Å². The van der Waals surface area contributed by atoms with Gasteiger partial charge in [0.1, 0.15) is 98.2 Å². The number of amides is 3. The van der Waals surface area contributed by atoms with E-state index in [4.69, 9.17) is 37.9 Å². The second-order valence-electron chi connectivity index (χ2n) is 29.9. The molecule has 4 rings (SSSR count). The Morgan fingerprint density at radius 2 is 0.981 bits per heavy atom. The number of aliphatic carboxylic acids is 2. The maximum atomic E-state index is 13.8. The average Bonchev–Trinajstić information content (AvgIpc) is 0.743. The standard InChI is InChI=1S/C73H133N3O31/c1-6-8-9-10-11-12-13-14-15-16-17-18-19-20-21-24-28-31-34-47(81)67(95)75-45(57(87)46(80)33-30-27-25-22-23-26-29-32-42(3)7-2)39-100-69-64(94)62(92)60(90)52(104-69)40-102-72(70(96)97)36-51(55(74-44(5)79)66(106-72)59(89)50(84)38-78)105-73(71(98)99)35-48(82)54(65(107-73)58(88)49(83)37-77)76-53(85)41-101-68-63(93)61(91)56(86)43(4)103-68/h42-43,45-52,54-66,68-69,77-78,80-84,86-94H,6-41H2,1-5H3,(H,74,79)(H,75,95)(H,76,85)(H,96,97)(H,98,99)/t42?,43-,45-,46+,47+,48-,49+,50+,51-,52+,54+,55+,56+,57-,58+,59+,60+,61+,62-,63-,64+,65+,66+,68+,69+,72+,73+/m0/s1. The van der Waals surface area contributed by atoms with E-state index in [1.807, 2.05) is 0 Å². The van der Waals surface area contributed by atoms with Crippen LogP contribution in [0.4, 0.5) is 0 Å². The highest BCUT2D eigenvalue weighted by Gasteiger charge is 2.63. The molecule has 4 aliphatic rings. The van der Waals surface area contributed by atoms with Gasteiger partial charge >= 0.3 is 11.9 Å². The molecular formula is C73H133N3O31. The summed E-state index contributed by atoms with van der Waals surface area (Å²) in [6.07, 6.45) is -15.5. The lowest BCUT2D eigenvalue weighted by Gasteiger charge is -2.52. The Balaban J connectivity index is 1.54. The van der Waals surface area contributed by atoms with Crippen LogP contribution in [0.15, 0.2) is 0 Å². The topological polar surface area (TPSA) is 559 Å². The van der Waals surface area contributed by atoms with Crippen molar-refractivity contribution in [2.24, 2.45) is 5.92 Å². The average molecular weight is 1550 g/mol. The Kier molecular flexibility index (Phi) is 44.6. The molecule has 0 saturated carbocycles. The molecule has 1 unspecified atom stereocenters. The molecule has 0 aromatic rings. The number of aliphatic hydroxyl groups is 16. The normalized spacial score (nSPS) is 31.7. The number of carbonyl (C=O) groups is 5. The first-order valence-corrected chi connectivity index (χ1v) is 39.1. The van der Waals surface area contributed by atoms with Gasteiger partial charge in [0.25, 0.3) is 11.6 Å². The van der Waals surface area contributed by atoms with Crippen LogP contribution < -0.4 is 16.0 Å². The number of aliphatic hydroxyl groups excluding tert-OH is 16. The smallest absolute Gasteiger partial charge is 0.364 e. The summed E-state index contributed by atoms with van der Waals surface area (Å²) < 4.78 is 46.1. The molecule has 34 nitrogen and oxygen atoms in total. The van der Waals surface area contributed by atoms with E-state index in [2.05, 4.69) is 36.7 Å². The zero-order valence-corrected chi connectivity index (χ0v) is 63.2. The largest absolute Gasteiger partial charge is 0.477 e. The van der Waals surface area contributed by atoms with E-state index < -0.39 is 234 Å². The van der Waals surface area contributed by atoms with Crippen LogP contribution >= 0.6 is 0 Å². The molecule has 4 aliphatic heterocycles. The van der Waals surface area contributed by atoms with Gasteiger partial charge in [-0.05, 0) is 25.7 Å². The number of carboxylic acid groups (broad SMARTS) is 2. The third-order valence-electron chi connectivity index (χ3n) is 21.1. The van der Waals surface area contributed by atoms with E-state index >= 15 is 0 Å². The molecule has 3 amide bonds. The molecule has 107 heavy (non-hydrogen) atoms. The molecule has 0 radical (unpaired) electrons. The van der Waals surface area contributed by atoms with E-state index in [1.165, 1.54) is 84.0 Å². The summed E-state index contributed by atoms with van der Waals surface area (Å²) >= 11 is 0. The van der Waals surface area contributed by atoms with Crippen molar-refractivity contribution < 1.29 is 154 Å². The number of unbranched alkanes of at least 4 members (excludes halogenated alkanes) is 23. The Labute approximate surface area is 628 Å². The zero-order valence-electron chi connectivity index (χ0n) is 63.2. The summed E-state index contributed by atoms with van der Waals surface area (Å²) in [6, 6.07) is -5.57. The third-order valence-corrected chi connectivity index (χ3v) is 21.1. The molecule has 0 bridgehead atoms. The van der Waals surface area contributed by atoms with Gasteiger partial charge < -0.3 is 146 Å². The first-order chi connectivity index (χ1) is 50.8. The van der Waals surface area contributed by atoms with Crippen LogP contribution in [-0.4, -0.2) is 313 Å². The summed E-state index contributed by atoms with van der Waals surface area (Å²) in [6.45, 7) is 3.18. The highest BCUT2D eigenvalue weighted by Crippen LogP contribution is 2.42. The molecule has 0 aliphatic carbocycles. The lowest BCUT2D eigenvalue weighted by atomic mass is 9.86. The van der Waals surface area contributed by atoms with Gasteiger partial charge in [-0.2, -0.15) is 0 Å². The molecule has 0 spiro atoms. The fourth-order valence-electron chi connectivity index (χ4n) is 14.0. The summed E-state index contributed by atoms with van der Waals surface area (Å²) in [5.41, 5.74) is 0. The Morgan fingerprint density at radius 3 is 1.47 bits per heavy atom. The van der Waals surface area contributed by atoms with Crippen molar-refractivity contribution in [1.29, 1.82) is 0 Å². The maximum absolute atomic E-state index is 13.8. The van der Waals surface area contributed by atoms with Crippen molar-refractivity contribution in [2.45, 2.75) is 392 Å². The number of hydrogen-bond acceptors (Lipinski definition) is 29. The number of carbonyl (C=O) groups excluding carboxylic acids is 3. The van der Waals surface area contributed by atoms with Crippen LogP contribution in [0.3, 0.4) is 0 Å². The zero-order chi connectivity index (χ0) is 79.6. The minimum absolute atomic E-state index is 0.0546. The van der Waals surface area contributed by atoms with Gasteiger partial charge in [-0.15, -0.1) is 0 Å². The van der Waals surface area contributed by atoms with Crippen LogP contribution in [0.25, 0.3) is 0 Å². The van der Waals surface area contributed by atoms with Crippen molar-refractivity contribution in [3.8, 4) is 0 Å². The molecule has 4 heterocycles. The SMILES string of the molecule is CCCCCCCCCCCCCCCCCCCC[C@@H](O)C(=O)N[C@@H](CO[C@@H]1O[C@H](CO[C@]2(C(=O)O)C[C@H](O[C@]3(C(=O)O)C[C@H](O)[C@@H](NC(=O)CO[C@@H]4O[C@@H](C)[C@@H](O)[C@@H](O)[C@@H]4O)[C@H]([C@H](O)[C@H](O)CO)O3)[C@@H](NC(C)=O)[C@H]([C@H](O)[C@H](O)CO)O2)[C@@H](O)[C@H](O)[C@H]1O)[C@H](O)[C@H](O)CCCCCCCCCC(C)CC. The van der Waals surface area contributed by atoms with Crippen molar-refractivity contribution in [2.75, 3.05) is 33.0 Å². The van der Waals surface area contributed by atoms with E-state index in [9.17, 15) is 116 Å². The van der Waals surface area contributed by atoms with E-state index in [-0.39, 0.29) is 12.8 Å². The predicted molar refractivity (Wildman–Crippen MR) is 380 cm³/mol. The van der Waals surface area contributed by atoms with Crippen LogP contribution in [0.2, 0.25) is 0 Å². The van der Waals surface area contributed by atoms with Crippen LogP contribution in [0.5, 0.6) is 0 Å². The predicted octanol–water partition coefficient (Wildman–Crippen LogP) is -0.469. The summed E-state index contributed by atoms with van der Waals surface area (Å²) in [7, 11) is 0. The van der Waals surface area contributed by atoms with Gasteiger partial charge in [0, 0.05) is 19.8 Å². The quantitative estimate of drug-likeness (QED) is 0.0342. The Morgan fingerprint density at radius 1 is 0.523 bits per heavy atom. The van der Waals surface area contributed by atoms with Gasteiger partial charge in [0.05, 0.1) is 69.0 Å². The molecule has 626 valence electrons. The van der Waals surface area contributed by atoms with Crippen LogP contribution in [0, 0.1) is 5.92 Å². The number of ether oxygens (including phenoxy) is 8. The second kappa shape index (κ2) is 49.8. The minimum atomic E-state index is -3.41. The van der Waals surface area contributed by atoms with Gasteiger partial charge in [-0.1, -0.05) is 194 Å². The first-order valence-electron chi connectivity index (χ1n) is 39.1. The Bertz CT molecular complexity index is 2500. The molecule has 34 heteroatoms. The maximum Gasteiger partial charge on any atom is 0.364 e. The molecule has 27 atom stereocenters. The fraction of sp³-hybridized carbons (Fsp3) is 0.932. The Hall–Kier alpha value is -3.61. The number of nitrogens with one attached hydrogen (secondary N) is 3. The van der Waals surface area contributed by atoms with Gasteiger partial charge in [0.15, 0.2) is 12.6 Å². The lowest BCUT2D eigenvalue weighted by Crippen LogP contribution is -2.72. The summed E-state index contributed by atoms with van der Waals surface area (Å²) in [4.78, 5) is 67.7. The lowest BCUT2D eigenvalue weighted by molar-refractivity contribution is -0.365. The molecule has 0 aromatic heterocycles. The van der Waals surface area contributed by atoms with Crippen molar-refractivity contribution in [3.63, 3.8) is 0 Å². The van der Waals surface area contributed by atoms with Gasteiger partial charge in [-0.25, -0.2) is 9.59 Å². The molecule has 0 aromatic carbocycles. The van der Waals surface area contributed by atoms with Crippen LogP contribution in [-0.2, 0) is 61.9 Å². The molecule has 4 saturated heterocycles. The molecule has 4 fully saturated rings. The van der Waals surface area contributed by atoms with E-state index in [0.29, 0.717) is 18.8 Å². The fourth-order valence-corrected chi connectivity index (χ4v) is 14.0. The van der Waals surface area contributed by atoms with Crippen LogP contribution in [0.1, 0.15) is 234 Å². The molecule has 21 N–H and O–H groups in total. The van der Waals surface area contributed by atoms with E-state index in [0.717, 1.165) is 90.4 Å². The van der Waals surface area contributed by atoms with E-state index in [1.54, 1.807) is 0 Å². The van der Waals surface area contributed by atoms with Crippen molar-refractivity contribution in [3.05, 3.63) is 0 Å². The first kappa shape index (κ1) is 95.8. The highest BCUT2D eigenvalue weighted by molar-refractivity contribution is 5.81. The number of hydrogen-bond donors (Lipinski definition) is 21. The highest BCUT2D eigenvalue weighted by atomic mass is 16.8. The number of carboxylic acids is 2. The summed E-state index contributed by atoms with van der Waals surface area (Å²) in [5.74, 6) is -13.6. The number of rotatable bonds is 55. The third kappa shape index (κ3) is 30.7. The van der Waals surface area contributed by atoms with Gasteiger partial charge in [-0.3, -0.25) is 14.4 Å². The van der Waals surface area contributed by atoms with Crippen molar-refractivity contribution in [1.82, 2.24) is 16.0 Å². The second-order valence-corrected chi connectivity index (χ2v) is 29.9. The van der Waals surface area contributed by atoms with Gasteiger partial charge in [0.2, 0.25) is 17.7 Å². The minimum Gasteiger partial charge on any atom is -0.477 e. The molecular weight excluding hydrogens is 1410 g/mol. The summed E-state index contributed by atoms with van der Waals surface area (Å²) in [5, 5.41) is 204. The monoisotopic (exact) mass is 1550 g/mol.